The molecule has 1 aromatic rings. The highest BCUT2D eigenvalue weighted by molar-refractivity contribution is 9.10. The number of hydrogen-bond acceptors (Lipinski definition) is 1. The topological polar surface area (TPSA) is 20.2 Å². The molecule has 1 aromatic carbocycles. The minimum Gasteiger partial charge on any atom is -0.505 e. The van der Waals surface area contributed by atoms with Gasteiger partial charge in [-0.1, -0.05) is 15.9 Å². The van der Waals surface area contributed by atoms with Gasteiger partial charge in [0.1, 0.15) is 0 Å². The number of phenols is 1. The van der Waals surface area contributed by atoms with E-state index in [1.165, 1.54) is 6.07 Å². The quantitative estimate of drug-likeness (QED) is 0.690. The molecule has 1 rings (SSSR count). The molecule has 0 aromatic heterocycles. The highest BCUT2D eigenvalue weighted by Crippen LogP contribution is 2.24. The Bertz CT molecular complexity index is 237. The largest absolute Gasteiger partial charge is 0.505 e. The average Bonchev–Trinajstić information content (AvgIpc) is 1.82. The van der Waals surface area contributed by atoms with Crippen LogP contribution in [0.5, 0.6) is 5.75 Å². The molecular weight excluding hydrogens is 199 g/mol. The minimum absolute atomic E-state index is 0.275. The Kier molecular flexibility index (Phi) is 1.94. The lowest BCUT2D eigenvalue weighted by atomic mass is 10.2. The van der Waals surface area contributed by atoms with E-state index < -0.39 is 5.82 Å². The third-order valence-corrected chi connectivity index (χ3v) is 1.68. The van der Waals surface area contributed by atoms with Crippen LogP contribution in [0.4, 0.5) is 4.39 Å². The molecule has 0 amide bonds. The molecule has 10 heavy (non-hydrogen) atoms. The number of phenolic OH excluding ortho intramolecular Hbond substituents is 1. The SMILES string of the molecule is Cc1cc(Br)cc(F)c1O. The fourth-order valence-electron chi connectivity index (χ4n) is 0.695. The molecule has 0 aliphatic heterocycles. The van der Waals surface area contributed by atoms with E-state index in [4.69, 9.17) is 5.11 Å². The summed E-state index contributed by atoms with van der Waals surface area (Å²) in [5, 5.41) is 8.93. The van der Waals surface area contributed by atoms with Gasteiger partial charge in [0.25, 0.3) is 0 Å². The predicted octanol–water partition coefficient (Wildman–Crippen LogP) is 2.60. The lowest BCUT2D eigenvalue weighted by Gasteiger charge is -1.99. The Morgan fingerprint density at radius 1 is 1.50 bits per heavy atom. The van der Waals surface area contributed by atoms with E-state index in [0.717, 1.165) is 0 Å². The van der Waals surface area contributed by atoms with Crippen molar-refractivity contribution in [2.24, 2.45) is 0 Å². The second kappa shape index (κ2) is 2.58. The van der Waals surface area contributed by atoms with Gasteiger partial charge < -0.3 is 5.11 Å². The molecule has 1 nitrogen and oxygen atoms in total. The Morgan fingerprint density at radius 2 is 2.10 bits per heavy atom. The first-order valence-electron chi connectivity index (χ1n) is 2.76. The maximum absolute atomic E-state index is 12.6. The van der Waals surface area contributed by atoms with Gasteiger partial charge >= 0.3 is 0 Å². The van der Waals surface area contributed by atoms with Crippen molar-refractivity contribution in [1.82, 2.24) is 0 Å². The lowest BCUT2D eigenvalue weighted by molar-refractivity contribution is 0.428. The molecule has 0 bridgehead atoms. The van der Waals surface area contributed by atoms with Gasteiger partial charge in [0.15, 0.2) is 11.6 Å². The Morgan fingerprint density at radius 3 is 2.60 bits per heavy atom. The van der Waals surface area contributed by atoms with E-state index in [1.54, 1.807) is 13.0 Å². The first kappa shape index (κ1) is 7.54. The van der Waals surface area contributed by atoms with Crippen LogP contribution in [0.25, 0.3) is 0 Å². The van der Waals surface area contributed by atoms with E-state index >= 15 is 0 Å². The molecule has 0 spiro atoms. The van der Waals surface area contributed by atoms with Crippen molar-refractivity contribution < 1.29 is 9.50 Å². The van der Waals surface area contributed by atoms with Crippen molar-refractivity contribution in [2.75, 3.05) is 0 Å². The van der Waals surface area contributed by atoms with Crippen LogP contribution in [-0.2, 0) is 0 Å². The summed E-state index contributed by atoms with van der Waals surface area (Å²) in [6, 6.07) is 2.88. The number of rotatable bonds is 0. The molecular formula is C7H6BrFO. The first-order valence-corrected chi connectivity index (χ1v) is 3.55. The monoisotopic (exact) mass is 204 g/mol. The summed E-state index contributed by atoms with van der Waals surface area (Å²) in [7, 11) is 0. The van der Waals surface area contributed by atoms with Crippen LogP contribution in [0.2, 0.25) is 0 Å². The van der Waals surface area contributed by atoms with Crippen molar-refractivity contribution in [2.45, 2.75) is 6.92 Å². The van der Waals surface area contributed by atoms with Gasteiger partial charge in [-0.25, -0.2) is 4.39 Å². The maximum atomic E-state index is 12.6. The molecule has 3 heteroatoms. The van der Waals surface area contributed by atoms with Crippen LogP contribution in [0.1, 0.15) is 5.56 Å². The van der Waals surface area contributed by atoms with Gasteiger partial charge in [0.2, 0.25) is 0 Å². The summed E-state index contributed by atoms with van der Waals surface area (Å²) in [4.78, 5) is 0. The van der Waals surface area contributed by atoms with Crippen molar-refractivity contribution in [1.29, 1.82) is 0 Å². The summed E-state index contributed by atoms with van der Waals surface area (Å²) in [6.07, 6.45) is 0. The third-order valence-electron chi connectivity index (χ3n) is 1.22. The minimum atomic E-state index is -0.591. The van der Waals surface area contributed by atoms with Crippen LogP contribution in [0.15, 0.2) is 16.6 Å². The number of aromatic hydroxyl groups is 1. The Labute approximate surface area is 66.6 Å². The average molecular weight is 205 g/mol. The van der Waals surface area contributed by atoms with Crippen molar-refractivity contribution >= 4 is 15.9 Å². The third kappa shape index (κ3) is 1.29. The molecule has 0 aliphatic carbocycles. The van der Waals surface area contributed by atoms with Crippen LogP contribution in [-0.4, -0.2) is 5.11 Å². The highest BCUT2D eigenvalue weighted by atomic mass is 79.9. The zero-order chi connectivity index (χ0) is 7.72. The second-order valence-corrected chi connectivity index (χ2v) is 2.97. The summed E-state index contributed by atoms with van der Waals surface area (Å²) >= 11 is 3.10. The van der Waals surface area contributed by atoms with E-state index in [2.05, 4.69) is 15.9 Å². The van der Waals surface area contributed by atoms with Gasteiger partial charge in [-0.3, -0.25) is 0 Å². The van der Waals surface area contributed by atoms with Crippen LogP contribution in [0, 0.1) is 12.7 Å². The second-order valence-electron chi connectivity index (χ2n) is 2.05. The molecule has 0 atom stereocenters. The fourth-order valence-corrected chi connectivity index (χ4v) is 1.24. The van der Waals surface area contributed by atoms with Gasteiger partial charge in [0.05, 0.1) is 0 Å². The number of aryl methyl sites for hydroxylation is 1. The maximum Gasteiger partial charge on any atom is 0.166 e. The number of halogens is 2. The molecule has 0 heterocycles. The normalized spacial score (nSPS) is 9.90. The predicted molar refractivity (Wildman–Crippen MR) is 40.5 cm³/mol. The summed E-state index contributed by atoms with van der Waals surface area (Å²) in [5.74, 6) is -0.866. The molecule has 0 aliphatic rings. The molecule has 0 fully saturated rings. The summed E-state index contributed by atoms with van der Waals surface area (Å²) in [6.45, 7) is 1.64. The Hall–Kier alpha value is -0.570. The molecule has 1 N–H and O–H groups in total. The van der Waals surface area contributed by atoms with Crippen molar-refractivity contribution in [3.05, 3.63) is 28.0 Å². The summed E-state index contributed by atoms with van der Waals surface area (Å²) < 4.78 is 13.2. The molecule has 54 valence electrons. The number of hydrogen-bond donors (Lipinski definition) is 1. The fraction of sp³-hybridized carbons (Fsp3) is 0.143. The van der Waals surface area contributed by atoms with Gasteiger partial charge in [0, 0.05) is 4.47 Å². The lowest BCUT2D eigenvalue weighted by Crippen LogP contribution is -1.80. The highest BCUT2D eigenvalue weighted by Gasteiger charge is 2.03. The van der Waals surface area contributed by atoms with Gasteiger partial charge in [-0.15, -0.1) is 0 Å². The van der Waals surface area contributed by atoms with E-state index in [9.17, 15) is 4.39 Å². The standard InChI is InChI=1S/C7H6BrFO/c1-4-2-5(8)3-6(9)7(4)10/h2-3,10H,1H3. The van der Waals surface area contributed by atoms with E-state index in [-0.39, 0.29) is 5.75 Å². The Balaban J connectivity index is 3.31. The summed E-state index contributed by atoms with van der Waals surface area (Å²) in [5.41, 5.74) is 0.534. The molecule has 0 radical (unpaired) electrons. The van der Waals surface area contributed by atoms with Crippen LogP contribution >= 0.6 is 15.9 Å². The molecule has 0 saturated carbocycles. The molecule has 0 saturated heterocycles. The van der Waals surface area contributed by atoms with Gasteiger partial charge in [-0.05, 0) is 24.6 Å². The van der Waals surface area contributed by atoms with Gasteiger partial charge in [-0.2, -0.15) is 0 Å². The van der Waals surface area contributed by atoms with E-state index in [0.29, 0.717) is 10.0 Å². The van der Waals surface area contributed by atoms with Crippen molar-refractivity contribution in [3.63, 3.8) is 0 Å². The number of benzene rings is 1. The van der Waals surface area contributed by atoms with Crippen LogP contribution < -0.4 is 0 Å². The smallest absolute Gasteiger partial charge is 0.166 e. The zero-order valence-corrected chi connectivity index (χ0v) is 6.94. The van der Waals surface area contributed by atoms with Crippen molar-refractivity contribution in [3.8, 4) is 5.75 Å². The van der Waals surface area contributed by atoms with E-state index in [1.807, 2.05) is 0 Å². The molecule has 0 unspecified atom stereocenters. The first-order chi connectivity index (χ1) is 4.61. The van der Waals surface area contributed by atoms with Crippen LogP contribution in [0.3, 0.4) is 0 Å². The zero-order valence-electron chi connectivity index (χ0n) is 5.36.